The van der Waals surface area contributed by atoms with Crippen LogP contribution in [-0.2, 0) is 9.53 Å². The van der Waals surface area contributed by atoms with Gasteiger partial charge in [-0.3, -0.25) is 4.79 Å². The van der Waals surface area contributed by atoms with Crippen molar-refractivity contribution in [1.82, 2.24) is 5.32 Å². The largest absolute Gasteiger partial charge is 0.465 e. The summed E-state index contributed by atoms with van der Waals surface area (Å²) in [5, 5.41) is 3.06. The molecule has 0 aliphatic carbocycles. The molecule has 1 N–H and O–H groups in total. The fourth-order valence-corrected chi connectivity index (χ4v) is 1.54. The first-order chi connectivity index (χ1) is 8.54. The summed E-state index contributed by atoms with van der Waals surface area (Å²) in [5.74, 6) is -0.232. The minimum atomic E-state index is -0.232. The maximum Gasteiger partial charge on any atom is 0.319 e. The van der Waals surface area contributed by atoms with Gasteiger partial charge < -0.3 is 10.1 Å². The quantitative estimate of drug-likeness (QED) is 0.551. The smallest absolute Gasteiger partial charge is 0.319 e. The first kappa shape index (κ1) is 17.1. The van der Waals surface area contributed by atoms with E-state index in [4.69, 9.17) is 4.74 Å². The number of allylic oxidation sites excluding steroid dienone is 3. The first-order valence-electron chi connectivity index (χ1n) is 6.11. The molecule has 0 aromatic heterocycles. The van der Waals surface area contributed by atoms with E-state index in [1.165, 1.54) is 0 Å². The van der Waals surface area contributed by atoms with Crippen LogP contribution in [0.1, 0.15) is 27.2 Å². The van der Waals surface area contributed by atoms with Crippen LogP contribution in [0.15, 0.2) is 34.4 Å². The molecular weight excluding hydrogens is 294 g/mol. The summed E-state index contributed by atoms with van der Waals surface area (Å²) in [4.78, 5) is 11.2. The summed E-state index contributed by atoms with van der Waals surface area (Å²) in [6.07, 6.45) is 4.87. The van der Waals surface area contributed by atoms with E-state index in [2.05, 4.69) is 34.7 Å². The zero-order valence-corrected chi connectivity index (χ0v) is 13.0. The van der Waals surface area contributed by atoms with Crippen LogP contribution in [0.4, 0.5) is 0 Å². The van der Waals surface area contributed by atoms with Crippen molar-refractivity contribution in [1.29, 1.82) is 0 Å². The lowest BCUT2D eigenvalue weighted by molar-refractivity contribution is -0.141. The third kappa shape index (κ3) is 7.45. The molecule has 0 saturated carbocycles. The molecule has 0 rings (SSSR count). The van der Waals surface area contributed by atoms with Crippen molar-refractivity contribution >= 4 is 21.9 Å². The van der Waals surface area contributed by atoms with E-state index in [0.717, 1.165) is 22.0 Å². The van der Waals surface area contributed by atoms with Gasteiger partial charge in [-0.1, -0.05) is 41.1 Å². The molecule has 102 valence electrons. The molecule has 0 unspecified atom stereocenters. The Hall–Kier alpha value is -0.870. The van der Waals surface area contributed by atoms with Crippen LogP contribution in [0, 0.1) is 0 Å². The molecule has 0 atom stereocenters. The Morgan fingerprint density at radius 3 is 2.56 bits per heavy atom. The van der Waals surface area contributed by atoms with Crippen molar-refractivity contribution < 1.29 is 9.53 Å². The molecule has 0 spiro atoms. The molecule has 18 heavy (non-hydrogen) atoms. The van der Waals surface area contributed by atoms with Crippen molar-refractivity contribution in [3.63, 3.8) is 0 Å². The minimum absolute atomic E-state index is 0.218. The number of halogens is 1. The van der Waals surface area contributed by atoms with Crippen LogP contribution in [0.2, 0.25) is 0 Å². The lowest BCUT2D eigenvalue weighted by atomic mass is 10.1. The van der Waals surface area contributed by atoms with Crippen molar-refractivity contribution in [2.45, 2.75) is 27.2 Å². The number of esters is 1. The topological polar surface area (TPSA) is 38.3 Å². The average molecular weight is 316 g/mol. The predicted molar refractivity (Wildman–Crippen MR) is 79.7 cm³/mol. The molecule has 4 heteroatoms. The van der Waals surface area contributed by atoms with Gasteiger partial charge in [0.25, 0.3) is 0 Å². The highest BCUT2D eigenvalue weighted by molar-refractivity contribution is 9.11. The third-order valence-electron chi connectivity index (χ3n) is 2.36. The lowest BCUT2D eigenvalue weighted by Gasteiger charge is -2.10. The van der Waals surface area contributed by atoms with E-state index >= 15 is 0 Å². The van der Waals surface area contributed by atoms with Gasteiger partial charge in [0.2, 0.25) is 0 Å². The predicted octanol–water partition coefficient (Wildman–Crippen LogP) is 3.33. The normalized spacial score (nSPS) is 12.4. The zero-order chi connectivity index (χ0) is 14.0. The number of carbonyl (C=O) groups is 1. The van der Waals surface area contributed by atoms with Crippen molar-refractivity contribution in [3.8, 4) is 0 Å². The van der Waals surface area contributed by atoms with Gasteiger partial charge in [0.05, 0.1) is 13.2 Å². The Kier molecular flexibility index (Phi) is 9.60. The molecular formula is C14H22BrNO2. The van der Waals surface area contributed by atoms with Gasteiger partial charge in [0.1, 0.15) is 0 Å². The van der Waals surface area contributed by atoms with Crippen LogP contribution in [-0.4, -0.2) is 25.7 Å². The molecule has 0 aliphatic heterocycles. The van der Waals surface area contributed by atoms with Gasteiger partial charge in [-0.25, -0.2) is 0 Å². The van der Waals surface area contributed by atoms with Gasteiger partial charge >= 0.3 is 5.97 Å². The maximum absolute atomic E-state index is 11.2. The third-order valence-corrected chi connectivity index (χ3v) is 3.05. The molecule has 0 heterocycles. The van der Waals surface area contributed by atoms with Crippen LogP contribution < -0.4 is 5.32 Å². The summed E-state index contributed by atoms with van der Waals surface area (Å²) in [7, 11) is 0. The maximum atomic E-state index is 11.2. The Bertz CT molecular complexity index is 346. The van der Waals surface area contributed by atoms with Gasteiger partial charge in [-0.15, -0.1) is 0 Å². The van der Waals surface area contributed by atoms with E-state index in [1.807, 2.05) is 19.1 Å². The van der Waals surface area contributed by atoms with Crippen LogP contribution >= 0.6 is 15.9 Å². The molecule has 3 nitrogen and oxygen atoms in total. The molecule has 0 saturated heterocycles. The number of rotatable bonds is 8. The van der Waals surface area contributed by atoms with Crippen molar-refractivity contribution in [2.24, 2.45) is 0 Å². The molecule has 0 amide bonds. The fourth-order valence-electron chi connectivity index (χ4n) is 1.27. The van der Waals surface area contributed by atoms with E-state index in [1.54, 1.807) is 6.92 Å². The highest BCUT2D eigenvalue weighted by Gasteiger charge is 2.04. The summed E-state index contributed by atoms with van der Waals surface area (Å²) in [6.45, 7) is 11.1. The standard InChI is InChI=1S/C14H22BrNO2/c1-5-11(4)12(8-13(15)6-2)9-16-10-14(17)18-7-3/h6,8,16H,4-5,7,9-10H2,1-3H3/b12-8-,13-6+. The Morgan fingerprint density at radius 1 is 1.39 bits per heavy atom. The number of hydrogen-bond donors (Lipinski definition) is 1. The molecule has 0 aromatic rings. The summed E-state index contributed by atoms with van der Waals surface area (Å²) < 4.78 is 5.85. The van der Waals surface area contributed by atoms with Gasteiger partial charge in [0.15, 0.2) is 0 Å². The fraction of sp³-hybridized carbons (Fsp3) is 0.500. The van der Waals surface area contributed by atoms with Gasteiger partial charge in [-0.05, 0) is 31.9 Å². The van der Waals surface area contributed by atoms with Crippen molar-refractivity contribution in [2.75, 3.05) is 19.7 Å². The highest BCUT2D eigenvalue weighted by Crippen LogP contribution is 2.16. The second kappa shape index (κ2) is 10.1. The number of carbonyl (C=O) groups excluding carboxylic acids is 1. The lowest BCUT2D eigenvalue weighted by Crippen LogP contribution is -2.26. The summed E-state index contributed by atoms with van der Waals surface area (Å²) >= 11 is 3.44. The molecule has 0 aromatic carbocycles. The van der Waals surface area contributed by atoms with Gasteiger partial charge in [0, 0.05) is 11.0 Å². The summed E-state index contributed by atoms with van der Waals surface area (Å²) in [6, 6.07) is 0. The Labute approximate surface area is 118 Å². The van der Waals surface area contributed by atoms with E-state index < -0.39 is 0 Å². The SMILES string of the molecule is C=C(CC)/C(=C\C(Br)=C/C)CNCC(=O)OCC. The molecule has 0 aliphatic rings. The second-order valence-electron chi connectivity index (χ2n) is 3.71. The van der Waals surface area contributed by atoms with Crippen molar-refractivity contribution in [3.05, 3.63) is 34.4 Å². The first-order valence-corrected chi connectivity index (χ1v) is 6.91. The number of hydrogen-bond acceptors (Lipinski definition) is 3. The van der Waals surface area contributed by atoms with E-state index in [0.29, 0.717) is 13.2 Å². The molecule has 0 radical (unpaired) electrons. The minimum Gasteiger partial charge on any atom is -0.465 e. The summed E-state index contributed by atoms with van der Waals surface area (Å²) in [5.41, 5.74) is 2.15. The van der Waals surface area contributed by atoms with Gasteiger partial charge in [-0.2, -0.15) is 0 Å². The number of ether oxygens (including phenoxy) is 1. The van der Waals surface area contributed by atoms with Crippen LogP contribution in [0.25, 0.3) is 0 Å². The van der Waals surface area contributed by atoms with Crippen LogP contribution in [0.5, 0.6) is 0 Å². The average Bonchev–Trinajstić information content (AvgIpc) is 2.36. The Balaban J connectivity index is 4.40. The second-order valence-corrected chi connectivity index (χ2v) is 4.62. The number of nitrogens with one attached hydrogen (secondary N) is 1. The molecule has 0 fully saturated rings. The van der Waals surface area contributed by atoms with Crippen LogP contribution in [0.3, 0.4) is 0 Å². The monoisotopic (exact) mass is 315 g/mol. The molecule has 0 bridgehead atoms. The zero-order valence-electron chi connectivity index (χ0n) is 11.4. The Morgan fingerprint density at radius 2 is 2.06 bits per heavy atom. The van der Waals surface area contributed by atoms with E-state index in [9.17, 15) is 4.79 Å². The van der Waals surface area contributed by atoms with E-state index in [-0.39, 0.29) is 12.5 Å². The highest BCUT2D eigenvalue weighted by atomic mass is 79.9.